The predicted octanol–water partition coefficient (Wildman–Crippen LogP) is 16.0. The Morgan fingerprint density at radius 1 is 1.01 bits per heavy atom. The van der Waals surface area contributed by atoms with Crippen molar-refractivity contribution in [3.8, 4) is 23.6 Å². The van der Waals surface area contributed by atoms with Gasteiger partial charge in [0.05, 0.1) is 30.1 Å². The van der Waals surface area contributed by atoms with Crippen LogP contribution in [0, 0.1) is 42.4 Å². The number of aldehydes is 1. The maximum Gasteiger partial charge on any atom is 0.432 e. The number of alkyl halides is 5. The lowest BCUT2D eigenvalue weighted by atomic mass is 9.81. The number of nitrogens with two attached hydrogens (primary N) is 1. The molecular weight excluding hydrogens is 1000 g/mol. The minimum atomic E-state index is -4.52. The second kappa shape index (κ2) is 38.8. The maximum absolute atomic E-state index is 13.7. The van der Waals surface area contributed by atoms with E-state index < -0.39 is 24.0 Å². The van der Waals surface area contributed by atoms with Crippen molar-refractivity contribution in [2.75, 3.05) is 18.8 Å². The Bertz CT molecular complexity index is 2390. The molecule has 0 aromatic carbocycles. The summed E-state index contributed by atoms with van der Waals surface area (Å²) in [4.78, 5) is 42.3. The molecule has 0 radical (unpaired) electrons. The van der Waals surface area contributed by atoms with Crippen LogP contribution in [-0.4, -0.2) is 86.0 Å². The van der Waals surface area contributed by atoms with Gasteiger partial charge in [-0.15, -0.1) is 12.3 Å². The molecule has 0 saturated heterocycles. The molecular formula is C62H97F5N8O3. The van der Waals surface area contributed by atoms with Crippen LogP contribution < -0.4 is 5.73 Å². The van der Waals surface area contributed by atoms with E-state index in [2.05, 4.69) is 84.2 Å². The number of Topliss-reactive ketones (excluding diaryl/α,β-unsaturated/α-hetero) is 1. The van der Waals surface area contributed by atoms with Crippen molar-refractivity contribution in [1.29, 1.82) is 0 Å². The van der Waals surface area contributed by atoms with Gasteiger partial charge in [-0.05, 0) is 152 Å². The Labute approximate surface area is 466 Å². The molecule has 3 N–H and O–H groups in total. The number of nitrogen functional groups attached to an aromatic ring is 1. The summed E-state index contributed by atoms with van der Waals surface area (Å²) >= 11 is 0. The lowest BCUT2D eigenvalue weighted by Crippen LogP contribution is -2.26. The van der Waals surface area contributed by atoms with Crippen LogP contribution in [0.1, 0.15) is 204 Å². The summed E-state index contributed by atoms with van der Waals surface area (Å²) in [6.07, 6.45) is 20.0. The number of nitrogens with zero attached hydrogens (tertiary/aromatic N) is 7. The summed E-state index contributed by atoms with van der Waals surface area (Å²) < 4.78 is 65.8. The van der Waals surface area contributed by atoms with Gasteiger partial charge in [-0.25, -0.2) is 9.67 Å². The first kappa shape index (κ1) is 74.4. The molecule has 4 rings (SSSR count). The summed E-state index contributed by atoms with van der Waals surface area (Å²) in [5, 5.41) is 13.2. The molecule has 438 valence electrons. The third-order valence-corrected chi connectivity index (χ3v) is 12.4. The number of aliphatic imine (C=N–C) groups is 3. The number of pyridine rings is 2. The van der Waals surface area contributed by atoms with Gasteiger partial charge in [0.1, 0.15) is 23.6 Å². The second-order valence-electron chi connectivity index (χ2n) is 20.8. The number of rotatable bonds is 23. The van der Waals surface area contributed by atoms with Crippen molar-refractivity contribution in [2.45, 2.75) is 213 Å². The number of terminal acetylenes is 1. The number of hydrogen-bond donors (Lipinski definition) is 2. The van der Waals surface area contributed by atoms with Crippen LogP contribution in [0.15, 0.2) is 75.1 Å². The normalized spacial score (nSPS) is 15.9. The van der Waals surface area contributed by atoms with Crippen molar-refractivity contribution in [2.24, 2.45) is 38.1 Å². The van der Waals surface area contributed by atoms with Gasteiger partial charge < -0.3 is 15.6 Å². The number of carbonyl (C=O) groups excluding carboxylic acids is 2. The molecule has 78 heavy (non-hydrogen) atoms. The topological polar surface area (TPSA) is 161 Å². The number of aromatic nitrogens is 4. The van der Waals surface area contributed by atoms with Crippen molar-refractivity contribution in [3.05, 3.63) is 82.5 Å². The standard InChI is InChI=1S/C23H39F3N2O.C20H26N4.C9H12F2N2O.C5H10O.C3H4.C2H6/c1-9-12-21(5,6)14-19(11-3)28-20(23(24,25)26)13-17(4)18(10-2)15-27-16-22(7,8)29;1-4-6-14-10-18(14)17-7-8-19(24-13(17)3)15-9-16(11-22-5-2)20(21)23-12-15;1-6(7(2)14)3-8-4-12-13(5-8)9(10)11;1-3-5(2)4-6;1-3-2;1-2/h10,13,15,19,29H,9,11-12,14,16H2,1-8H3;7-9,11-12,14,18H,4-6,10H2,1-3H3,(H2,21,23);4-6,9H,3H2,1-2H3;4-5H,3H2,1-2H3;1H,2H3;1-2H3/b17-13+,18-10+,27-15?,28-20?;;;;;/t;14-,18?;;;;/m.1..../s1. The highest BCUT2D eigenvalue weighted by Crippen LogP contribution is 2.51. The first-order valence-corrected chi connectivity index (χ1v) is 27.6. The van der Waals surface area contributed by atoms with E-state index in [1.54, 1.807) is 60.0 Å². The third kappa shape index (κ3) is 31.0. The van der Waals surface area contributed by atoms with Crippen LogP contribution in [0.25, 0.3) is 11.3 Å². The number of aryl methyl sites for hydroxylation is 1. The van der Waals surface area contributed by atoms with Crippen molar-refractivity contribution >= 4 is 36.0 Å². The van der Waals surface area contributed by atoms with E-state index >= 15 is 0 Å². The number of aliphatic hydroxyl groups is 1. The van der Waals surface area contributed by atoms with E-state index in [0.717, 1.165) is 66.6 Å². The minimum absolute atomic E-state index is 0.0490. The van der Waals surface area contributed by atoms with E-state index in [0.29, 0.717) is 52.4 Å². The van der Waals surface area contributed by atoms with Crippen LogP contribution in [-0.2, 0) is 16.0 Å². The zero-order chi connectivity index (χ0) is 60.4. The molecule has 0 spiro atoms. The Morgan fingerprint density at radius 3 is 2.09 bits per heavy atom. The number of ketones is 1. The van der Waals surface area contributed by atoms with Crippen LogP contribution in [0.4, 0.5) is 27.8 Å². The summed E-state index contributed by atoms with van der Waals surface area (Å²) in [5.74, 6) is 4.48. The summed E-state index contributed by atoms with van der Waals surface area (Å²) in [6.45, 7) is 32.2. The minimum Gasteiger partial charge on any atom is -0.389 e. The van der Waals surface area contributed by atoms with Gasteiger partial charge in [0.15, 0.2) is 0 Å². The molecule has 1 saturated carbocycles. The Morgan fingerprint density at radius 2 is 1.64 bits per heavy atom. The van der Waals surface area contributed by atoms with Gasteiger partial charge in [0, 0.05) is 60.0 Å². The quantitative estimate of drug-likeness (QED) is 0.0314. The monoisotopic (exact) mass is 1100 g/mol. The van der Waals surface area contributed by atoms with Crippen molar-refractivity contribution < 1.29 is 36.6 Å². The third-order valence-electron chi connectivity index (χ3n) is 12.4. The number of hydrogen-bond acceptors (Lipinski definition) is 10. The van der Waals surface area contributed by atoms with Crippen LogP contribution in [0.2, 0.25) is 0 Å². The highest BCUT2D eigenvalue weighted by Gasteiger charge is 2.38. The predicted molar refractivity (Wildman–Crippen MR) is 317 cm³/mol. The molecule has 1 fully saturated rings. The van der Waals surface area contributed by atoms with Gasteiger partial charge in [-0.3, -0.25) is 24.8 Å². The van der Waals surface area contributed by atoms with Gasteiger partial charge in [0.25, 0.3) is 0 Å². The summed E-state index contributed by atoms with van der Waals surface area (Å²) in [7, 11) is 0. The molecule has 1 aliphatic carbocycles. The highest BCUT2D eigenvalue weighted by atomic mass is 19.4. The molecule has 3 aromatic rings. The molecule has 0 bridgehead atoms. The maximum atomic E-state index is 13.7. The summed E-state index contributed by atoms with van der Waals surface area (Å²) in [5.41, 5.74) is 11.1. The zero-order valence-corrected chi connectivity index (χ0v) is 50.5. The number of halogens is 5. The van der Waals surface area contributed by atoms with Crippen LogP contribution >= 0.6 is 0 Å². The second-order valence-corrected chi connectivity index (χ2v) is 20.8. The molecule has 16 heteroatoms. The lowest BCUT2D eigenvalue weighted by molar-refractivity contribution is -0.120. The average Bonchev–Trinajstić information content (AvgIpc) is 3.97. The fourth-order valence-corrected chi connectivity index (χ4v) is 7.70. The average molecular weight is 1100 g/mol. The van der Waals surface area contributed by atoms with E-state index in [1.165, 1.54) is 50.4 Å². The summed E-state index contributed by atoms with van der Waals surface area (Å²) in [6, 6.07) is 5.99. The van der Waals surface area contributed by atoms with Gasteiger partial charge in [-0.1, -0.05) is 101 Å². The molecule has 1 aliphatic rings. The zero-order valence-electron chi connectivity index (χ0n) is 50.5. The van der Waals surface area contributed by atoms with Gasteiger partial charge in [-0.2, -0.15) is 27.1 Å². The Balaban J connectivity index is 0. The first-order chi connectivity index (χ1) is 36.5. The van der Waals surface area contributed by atoms with E-state index in [9.17, 15) is 36.6 Å². The van der Waals surface area contributed by atoms with Crippen molar-refractivity contribution in [3.63, 3.8) is 0 Å². The first-order valence-electron chi connectivity index (χ1n) is 27.6. The van der Waals surface area contributed by atoms with Crippen LogP contribution in [0.5, 0.6) is 0 Å². The molecule has 3 aromatic heterocycles. The lowest BCUT2D eigenvalue weighted by Gasteiger charge is -2.27. The Kier molecular flexibility index (Phi) is 37.0. The molecule has 5 atom stereocenters. The molecule has 0 amide bonds. The fraction of sp³-hybridized carbons (Fsp3) is 0.613. The molecule has 4 unspecified atom stereocenters. The van der Waals surface area contributed by atoms with E-state index in [4.69, 9.17) is 10.7 Å². The molecule has 3 heterocycles. The number of carbonyl (C=O) groups is 2. The smallest absolute Gasteiger partial charge is 0.389 e. The van der Waals surface area contributed by atoms with E-state index in [-0.39, 0.29) is 35.6 Å². The largest absolute Gasteiger partial charge is 0.432 e. The molecule has 11 nitrogen and oxygen atoms in total. The highest BCUT2D eigenvalue weighted by molar-refractivity contribution is 6.02. The SMILES string of the molecule is C#CC.C/C=C(C=NCC(C)(C)O)/C(C)=C/C(=NC(CC)CC(C)(C)CCC)C(F)(F)F.CC.CC(=O)C(C)Cc1cnn(C(F)F)c1.CCC(C)C=O.CCC[C@@H]1CC1c1ccc(-c2cnc(N)c(C=NCC)c2)nc1C. The van der Waals surface area contributed by atoms with Gasteiger partial charge >= 0.3 is 12.7 Å². The van der Waals surface area contributed by atoms with Crippen LogP contribution in [0.3, 0.4) is 0 Å². The number of allylic oxidation sites excluding steroid dienone is 4. The van der Waals surface area contributed by atoms with E-state index in [1.807, 2.05) is 47.6 Å². The fourth-order valence-electron chi connectivity index (χ4n) is 7.70. The molecule has 0 aliphatic heterocycles. The van der Waals surface area contributed by atoms with Gasteiger partial charge in [0.2, 0.25) is 0 Å². The number of anilines is 1. The van der Waals surface area contributed by atoms with Crippen molar-refractivity contribution in [1.82, 2.24) is 19.7 Å². The Hall–Kier alpha value is -5.69.